The minimum absolute atomic E-state index is 0.0298. The minimum Gasteiger partial charge on any atom is -0.308 e. The van der Waals surface area contributed by atoms with Crippen LogP contribution in [-0.4, -0.2) is 27.4 Å². The van der Waals surface area contributed by atoms with Crippen LogP contribution in [0.15, 0.2) is 60.9 Å². The molecule has 0 N–H and O–H groups in total. The number of aromatic nitrogens is 2. The third kappa shape index (κ3) is 5.28. The molecule has 8 heteroatoms. The molecule has 0 fully saturated rings. The van der Waals surface area contributed by atoms with Crippen molar-refractivity contribution in [2.24, 2.45) is 0 Å². The number of nitrogens with zero attached hydrogens (tertiary/aromatic N) is 3. The summed E-state index contributed by atoms with van der Waals surface area (Å²) >= 11 is 12.1. The highest BCUT2D eigenvalue weighted by molar-refractivity contribution is 6.42. The lowest BCUT2D eigenvalue weighted by atomic mass is 10.1. The lowest BCUT2D eigenvalue weighted by molar-refractivity contribution is -0.117. The molecular formula is C22H17Cl2N3O3. The number of hydrogen-bond acceptors (Lipinski definition) is 5. The van der Waals surface area contributed by atoms with E-state index in [9.17, 15) is 14.4 Å². The minimum atomic E-state index is -0.498. The van der Waals surface area contributed by atoms with Crippen molar-refractivity contribution in [3.63, 3.8) is 0 Å². The fraction of sp³-hybridized carbons (Fsp3) is 0.136. The topological polar surface area (TPSA) is 80.2 Å². The number of hydrogen-bond donors (Lipinski definition) is 0. The highest BCUT2D eigenvalue weighted by atomic mass is 35.5. The van der Waals surface area contributed by atoms with Gasteiger partial charge >= 0.3 is 0 Å². The molecule has 0 saturated heterocycles. The first-order valence-electron chi connectivity index (χ1n) is 9.00. The third-order valence-electron chi connectivity index (χ3n) is 4.32. The summed E-state index contributed by atoms with van der Waals surface area (Å²) in [5.41, 5.74) is 1.66. The van der Waals surface area contributed by atoms with E-state index in [4.69, 9.17) is 23.2 Å². The zero-order chi connectivity index (χ0) is 21.7. The summed E-state index contributed by atoms with van der Waals surface area (Å²) in [7, 11) is 0. The number of halogens is 2. The van der Waals surface area contributed by atoms with Crippen molar-refractivity contribution in [3.05, 3.63) is 87.9 Å². The predicted octanol–water partition coefficient (Wildman–Crippen LogP) is 4.79. The Hall–Kier alpha value is -3.09. The van der Waals surface area contributed by atoms with Gasteiger partial charge in [0.25, 0.3) is 0 Å². The van der Waals surface area contributed by atoms with Crippen LogP contribution in [0.1, 0.15) is 39.9 Å². The average molecular weight is 442 g/mol. The van der Waals surface area contributed by atoms with E-state index in [1.54, 1.807) is 48.5 Å². The van der Waals surface area contributed by atoms with Crippen molar-refractivity contribution in [1.29, 1.82) is 0 Å². The van der Waals surface area contributed by atoms with Gasteiger partial charge in [-0.1, -0.05) is 41.4 Å². The molecule has 1 amide bonds. The van der Waals surface area contributed by atoms with E-state index in [1.165, 1.54) is 24.2 Å². The van der Waals surface area contributed by atoms with Crippen LogP contribution >= 0.6 is 23.2 Å². The average Bonchev–Trinajstić information content (AvgIpc) is 2.75. The second-order valence-corrected chi connectivity index (χ2v) is 7.32. The molecule has 0 aliphatic heterocycles. The van der Waals surface area contributed by atoms with E-state index >= 15 is 0 Å². The fourth-order valence-corrected chi connectivity index (χ4v) is 3.11. The summed E-state index contributed by atoms with van der Waals surface area (Å²) < 4.78 is 0. The van der Waals surface area contributed by atoms with Crippen LogP contribution in [0.25, 0.3) is 0 Å². The molecule has 1 aromatic heterocycles. The number of benzene rings is 2. The summed E-state index contributed by atoms with van der Waals surface area (Å²) in [5, 5.41) is 0.751. The summed E-state index contributed by atoms with van der Waals surface area (Å²) in [6.07, 6.45) is 2.46. The molecule has 1 heterocycles. The van der Waals surface area contributed by atoms with Gasteiger partial charge in [0.1, 0.15) is 0 Å². The van der Waals surface area contributed by atoms with Crippen LogP contribution in [0.5, 0.6) is 0 Å². The second-order valence-electron chi connectivity index (χ2n) is 6.51. The van der Waals surface area contributed by atoms with Crippen LogP contribution in [0.4, 0.5) is 5.69 Å². The Morgan fingerprint density at radius 3 is 2.33 bits per heavy atom. The normalized spacial score (nSPS) is 10.5. The Morgan fingerprint density at radius 2 is 1.67 bits per heavy atom. The van der Waals surface area contributed by atoms with Crippen molar-refractivity contribution in [2.75, 3.05) is 4.90 Å². The highest BCUT2D eigenvalue weighted by Gasteiger charge is 2.22. The number of carbonyl (C=O) groups excluding carboxylic acids is 3. The first-order valence-corrected chi connectivity index (χ1v) is 9.76. The number of ketones is 2. The summed E-state index contributed by atoms with van der Waals surface area (Å²) in [5.74, 6) is -1.12. The van der Waals surface area contributed by atoms with Crippen LogP contribution < -0.4 is 4.90 Å². The van der Waals surface area contributed by atoms with Gasteiger partial charge in [0.2, 0.25) is 11.7 Å². The largest absolute Gasteiger partial charge is 0.308 e. The van der Waals surface area contributed by atoms with Crippen LogP contribution in [0.2, 0.25) is 10.0 Å². The van der Waals surface area contributed by atoms with E-state index in [2.05, 4.69) is 9.97 Å². The van der Waals surface area contributed by atoms with E-state index in [1.807, 2.05) is 0 Å². The van der Waals surface area contributed by atoms with Crippen LogP contribution in [0, 0.1) is 0 Å². The van der Waals surface area contributed by atoms with Crippen LogP contribution in [-0.2, 0) is 11.3 Å². The molecule has 0 atom stereocenters. The number of amides is 1. The molecule has 0 radical (unpaired) electrons. The maximum Gasteiger partial charge on any atom is 0.235 e. The van der Waals surface area contributed by atoms with Gasteiger partial charge in [-0.15, -0.1) is 0 Å². The Morgan fingerprint density at radius 1 is 0.933 bits per heavy atom. The molecule has 6 nitrogen and oxygen atoms in total. The molecule has 3 rings (SSSR count). The smallest absolute Gasteiger partial charge is 0.235 e. The lowest BCUT2D eigenvalue weighted by Crippen LogP contribution is -2.32. The molecule has 0 bridgehead atoms. The van der Waals surface area contributed by atoms with E-state index in [-0.39, 0.29) is 18.2 Å². The number of carbonyl (C=O) groups is 3. The molecule has 2 aromatic carbocycles. The van der Waals surface area contributed by atoms with Gasteiger partial charge in [0, 0.05) is 23.6 Å². The van der Waals surface area contributed by atoms with E-state index in [0.29, 0.717) is 21.3 Å². The van der Waals surface area contributed by atoms with Crippen molar-refractivity contribution in [3.8, 4) is 0 Å². The van der Waals surface area contributed by atoms with Gasteiger partial charge in [0.05, 0.1) is 23.0 Å². The summed E-state index contributed by atoms with van der Waals surface area (Å²) in [6, 6.07) is 13.3. The molecule has 0 aliphatic carbocycles. The quantitative estimate of drug-likeness (QED) is 0.388. The molecule has 0 aliphatic rings. The zero-order valence-electron chi connectivity index (χ0n) is 16.0. The highest BCUT2D eigenvalue weighted by Crippen LogP contribution is 2.26. The van der Waals surface area contributed by atoms with E-state index in [0.717, 1.165) is 5.56 Å². The Kier molecular flexibility index (Phi) is 6.92. The van der Waals surface area contributed by atoms with Gasteiger partial charge < -0.3 is 4.90 Å². The zero-order valence-corrected chi connectivity index (χ0v) is 17.5. The first-order chi connectivity index (χ1) is 14.3. The molecule has 0 saturated carbocycles. The molecular weight excluding hydrogens is 425 g/mol. The van der Waals surface area contributed by atoms with Gasteiger partial charge in [-0.05, 0) is 42.8 Å². The maximum absolute atomic E-state index is 13.1. The summed E-state index contributed by atoms with van der Waals surface area (Å²) in [6.45, 7) is 1.58. The number of rotatable bonds is 7. The monoisotopic (exact) mass is 441 g/mol. The Bertz CT molecular complexity index is 1100. The van der Waals surface area contributed by atoms with Crippen molar-refractivity contribution in [2.45, 2.75) is 19.9 Å². The molecule has 30 heavy (non-hydrogen) atoms. The SMILES string of the molecule is CC(=O)c1cccc(N(Cc2ccc(Cl)c(Cl)c2)C(=O)CC(=O)c2ncccn2)c1. The van der Waals surface area contributed by atoms with Gasteiger partial charge in [-0.2, -0.15) is 0 Å². The molecule has 3 aromatic rings. The lowest BCUT2D eigenvalue weighted by Gasteiger charge is -2.23. The molecule has 0 unspecified atom stereocenters. The second kappa shape index (κ2) is 9.61. The fourth-order valence-electron chi connectivity index (χ4n) is 2.79. The maximum atomic E-state index is 13.1. The van der Waals surface area contributed by atoms with Gasteiger partial charge in [-0.3, -0.25) is 14.4 Å². The van der Waals surface area contributed by atoms with Crippen molar-refractivity contribution >= 4 is 46.4 Å². The van der Waals surface area contributed by atoms with Gasteiger partial charge in [-0.25, -0.2) is 9.97 Å². The Balaban J connectivity index is 1.92. The number of Topliss-reactive ketones (excluding diaryl/α,β-unsaturated/α-hetero) is 2. The van der Waals surface area contributed by atoms with Crippen molar-refractivity contribution < 1.29 is 14.4 Å². The molecule has 152 valence electrons. The summed E-state index contributed by atoms with van der Waals surface area (Å²) in [4.78, 5) is 46.5. The predicted molar refractivity (Wildman–Crippen MR) is 115 cm³/mol. The Labute approximate surface area is 183 Å². The molecule has 0 spiro atoms. The third-order valence-corrected chi connectivity index (χ3v) is 5.06. The standard InChI is InChI=1S/C22H17Cl2N3O3/c1-14(28)16-4-2-5-17(11-16)27(13-15-6-7-18(23)19(24)10-15)21(30)12-20(29)22-25-8-3-9-26-22/h2-11H,12-13H2,1H3. The van der Waals surface area contributed by atoms with E-state index < -0.39 is 18.1 Å². The van der Waals surface area contributed by atoms with Crippen LogP contribution in [0.3, 0.4) is 0 Å². The first kappa shape index (κ1) is 21.6. The van der Waals surface area contributed by atoms with Gasteiger partial charge in [0.15, 0.2) is 11.6 Å². The number of anilines is 1. The van der Waals surface area contributed by atoms with Crippen molar-refractivity contribution in [1.82, 2.24) is 9.97 Å².